The molecule has 114 valence electrons. The summed E-state index contributed by atoms with van der Waals surface area (Å²) in [6, 6.07) is 4.15. The third kappa shape index (κ3) is 2.61. The maximum atomic E-state index is 13.7. The summed E-state index contributed by atoms with van der Waals surface area (Å²) < 4.78 is 19.1. The largest absolute Gasteiger partial charge is 0.488 e. The van der Waals surface area contributed by atoms with Crippen molar-refractivity contribution >= 4 is 5.97 Å². The predicted molar refractivity (Wildman–Crippen MR) is 72.6 cm³/mol. The average Bonchev–Trinajstić information content (AvgIpc) is 2.48. The topological polar surface area (TPSA) is 70.0 Å². The summed E-state index contributed by atoms with van der Waals surface area (Å²) in [5, 5.41) is 19.6. The highest BCUT2D eigenvalue weighted by molar-refractivity contribution is 5.70. The van der Waals surface area contributed by atoms with Crippen molar-refractivity contribution in [1.82, 2.24) is 4.90 Å². The average molecular weight is 295 g/mol. The zero-order valence-corrected chi connectivity index (χ0v) is 11.5. The number of aliphatic hydroxyl groups is 1. The maximum absolute atomic E-state index is 13.7. The number of fused-ring (bicyclic) bond motifs is 1. The van der Waals surface area contributed by atoms with Crippen LogP contribution in [0.3, 0.4) is 0 Å². The lowest BCUT2D eigenvalue weighted by atomic mass is 9.92. The van der Waals surface area contributed by atoms with Gasteiger partial charge in [0, 0.05) is 12.1 Å². The van der Waals surface area contributed by atoms with E-state index in [1.807, 2.05) is 4.90 Å². The summed E-state index contributed by atoms with van der Waals surface area (Å²) in [6.45, 7) is 1.28. The second-order valence-corrected chi connectivity index (χ2v) is 5.65. The molecular weight excluding hydrogens is 277 g/mol. The first kappa shape index (κ1) is 14.3. The van der Waals surface area contributed by atoms with Crippen LogP contribution in [0.1, 0.15) is 24.5 Å². The van der Waals surface area contributed by atoms with Crippen molar-refractivity contribution in [2.45, 2.75) is 25.0 Å². The van der Waals surface area contributed by atoms with Crippen molar-refractivity contribution in [2.75, 3.05) is 19.7 Å². The number of hydrogen-bond donors (Lipinski definition) is 2. The number of aliphatic carboxylic acids is 1. The van der Waals surface area contributed by atoms with Gasteiger partial charge in [0.2, 0.25) is 0 Å². The number of carboxylic acids is 1. The summed E-state index contributed by atoms with van der Waals surface area (Å²) in [5.74, 6) is -1.60. The van der Waals surface area contributed by atoms with Crippen molar-refractivity contribution < 1.29 is 24.1 Å². The van der Waals surface area contributed by atoms with Crippen LogP contribution in [0.2, 0.25) is 0 Å². The number of aliphatic hydroxyl groups excluding tert-OH is 1. The molecule has 3 atom stereocenters. The van der Waals surface area contributed by atoms with Gasteiger partial charge in [-0.3, -0.25) is 9.69 Å². The molecule has 0 saturated carbocycles. The summed E-state index contributed by atoms with van der Waals surface area (Å²) in [5.41, 5.74) is 0.434. The minimum Gasteiger partial charge on any atom is -0.488 e. The van der Waals surface area contributed by atoms with E-state index in [2.05, 4.69) is 0 Å². The first-order valence-electron chi connectivity index (χ1n) is 7.14. The van der Waals surface area contributed by atoms with E-state index in [0.29, 0.717) is 18.5 Å². The number of rotatable bonds is 2. The maximum Gasteiger partial charge on any atom is 0.307 e. The van der Waals surface area contributed by atoms with Crippen molar-refractivity contribution in [3.63, 3.8) is 0 Å². The van der Waals surface area contributed by atoms with Gasteiger partial charge in [-0.25, -0.2) is 4.39 Å². The van der Waals surface area contributed by atoms with Gasteiger partial charge in [0.1, 0.15) is 12.7 Å². The molecule has 5 nitrogen and oxygen atoms in total. The van der Waals surface area contributed by atoms with Crippen LogP contribution in [0.15, 0.2) is 18.2 Å². The van der Waals surface area contributed by atoms with Gasteiger partial charge in [0.25, 0.3) is 0 Å². The highest BCUT2D eigenvalue weighted by atomic mass is 19.1. The standard InChI is InChI=1S/C15H18FNO4/c16-11-5-1-4-10-13(18)12(8-21-14(10)11)17-6-2-3-9(7-17)15(19)20/h1,4-5,9,12-13,18H,2-3,6-8H2,(H,19,20). The molecular formula is C15H18FNO4. The zero-order chi connectivity index (χ0) is 15.0. The molecule has 1 fully saturated rings. The Hall–Kier alpha value is -1.66. The molecule has 1 saturated heterocycles. The fourth-order valence-corrected chi connectivity index (χ4v) is 3.19. The number of benzene rings is 1. The van der Waals surface area contributed by atoms with E-state index in [-0.39, 0.29) is 18.4 Å². The highest BCUT2D eigenvalue weighted by Gasteiger charge is 2.38. The number of nitrogens with zero attached hydrogens (tertiary/aromatic N) is 1. The molecule has 2 aliphatic rings. The van der Waals surface area contributed by atoms with Crippen LogP contribution in [-0.2, 0) is 4.79 Å². The van der Waals surface area contributed by atoms with Crippen LogP contribution >= 0.6 is 0 Å². The highest BCUT2D eigenvalue weighted by Crippen LogP contribution is 2.37. The first-order chi connectivity index (χ1) is 10.1. The number of halogens is 1. The second kappa shape index (κ2) is 5.61. The van der Waals surface area contributed by atoms with E-state index in [1.54, 1.807) is 12.1 Å². The van der Waals surface area contributed by atoms with Crippen LogP contribution in [0.5, 0.6) is 5.75 Å². The van der Waals surface area contributed by atoms with Gasteiger partial charge < -0.3 is 14.9 Å². The Bertz CT molecular complexity index is 550. The van der Waals surface area contributed by atoms with E-state index in [0.717, 1.165) is 13.0 Å². The second-order valence-electron chi connectivity index (χ2n) is 5.65. The molecule has 21 heavy (non-hydrogen) atoms. The van der Waals surface area contributed by atoms with Crippen LogP contribution in [-0.4, -0.2) is 46.8 Å². The van der Waals surface area contributed by atoms with E-state index in [1.165, 1.54) is 6.07 Å². The zero-order valence-electron chi connectivity index (χ0n) is 11.5. The number of likely N-dealkylation sites (tertiary alicyclic amines) is 1. The smallest absolute Gasteiger partial charge is 0.307 e. The van der Waals surface area contributed by atoms with Crippen LogP contribution < -0.4 is 4.74 Å². The molecule has 0 bridgehead atoms. The number of carbonyl (C=O) groups is 1. The van der Waals surface area contributed by atoms with Gasteiger partial charge in [-0.05, 0) is 25.5 Å². The van der Waals surface area contributed by atoms with E-state index < -0.39 is 23.8 Å². The van der Waals surface area contributed by atoms with E-state index in [4.69, 9.17) is 9.84 Å². The normalized spacial score (nSPS) is 29.5. The molecule has 6 heteroatoms. The van der Waals surface area contributed by atoms with Crippen molar-refractivity contribution in [1.29, 1.82) is 0 Å². The van der Waals surface area contributed by atoms with Gasteiger partial charge in [-0.1, -0.05) is 12.1 Å². The molecule has 3 unspecified atom stereocenters. The molecule has 2 heterocycles. The van der Waals surface area contributed by atoms with Gasteiger partial charge in [0.15, 0.2) is 11.6 Å². The van der Waals surface area contributed by atoms with Crippen molar-refractivity contribution in [3.05, 3.63) is 29.6 Å². The molecule has 1 aromatic rings. The third-order valence-electron chi connectivity index (χ3n) is 4.35. The van der Waals surface area contributed by atoms with Crippen LogP contribution in [0, 0.1) is 11.7 Å². The van der Waals surface area contributed by atoms with E-state index in [9.17, 15) is 14.3 Å². The lowest BCUT2D eigenvalue weighted by molar-refractivity contribution is -0.144. The predicted octanol–water partition coefficient (Wildman–Crippen LogP) is 1.42. The van der Waals surface area contributed by atoms with Gasteiger partial charge in [-0.15, -0.1) is 0 Å². The number of carboxylic acid groups (broad SMARTS) is 1. The number of para-hydroxylation sites is 1. The molecule has 2 N–H and O–H groups in total. The Morgan fingerprint density at radius 2 is 2.24 bits per heavy atom. The van der Waals surface area contributed by atoms with Crippen molar-refractivity contribution in [3.8, 4) is 5.75 Å². The first-order valence-corrected chi connectivity index (χ1v) is 7.14. The fraction of sp³-hybridized carbons (Fsp3) is 0.533. The minimum absolute atomic E-state index is 0.105. The number of piperidine rings is 1. The molecule has 0 amide bonds. The number of ether oxygens (including phenoxy) is 1. The monoisotopic (exact) mass is 295 g/mol. The van der Waals surface area contributed by atoms with Crippen LogP contribution in [0.25, 0.3) is 0 Å². The lowest BCUT2D eigenvalue weighted by Gasteiger charge is -2.41. The Morgan fingerprint density at radius 3 is 3.00 bits per heavy atom. The summed E-state index contributed by atoms with van der Waals surface area (Å²) in [7, 11) is 0. The SMILES string of the molecule is O=C(O)C1CCCN(C2COc3c(F)cccc3C2O)C1. The molecule has 0 spiro atoms. The van der Waals surface area contributed by atoms with Gasteiger partial charge >= 0.3 is 5.97 Å². The molecule has 2 aliphatic heterocycles. The Morgan fingerprint density at radius 1 is 1.43 bits per heavy atom. The van der Waals surface area contributed by atoms with Gasteiger partial charge in [0.05, 0.1) is 12.0 Å². The molecule has 0 aliphatic carbocycles. The Kier molecular flexibility index (Phi) is 3.82. The van der Waals surface area contributed by atoms with E-state index >= 15 is 0 Å². The molecule has 0 radical (unpaired) electrons. The van der Waals surface area contributed by atoms with Gasteiger partial charge in [-0.2, -0.15) is 0 Å². The minimum atomic E-state index is -0.864. The number of hydrogen-bond acceptors (Lipinski definition) is 4. The summed E-state index contributed by atoms with van der Waals surface area (Å²) in [6.07, 6.45) is 0.564. The molecule has 3 rings (SSSR count). The summed E-state index contributed by atoms with van der Waals surface area (Å²) >= 11 is 0. The van der Waals surface area contributed by atoms with Crippen LogP contribution in [0.4, 0.5) is 4.39 Å². The Balaban J connectivity index is 1.80. The lowest BCUT2D eigenvalue weighted by Crippen LogP contribution is -2.51. The third-order valence-corrected chi connectivity index (χ3v) is 4.35. The Labute approximate surface area is 121 Å². The van der Waals surface area contributed by atoms with Crippen molar-refractivity contribution in [2.24, 2.45) is 5.92 Å². The quantitative estimate of drug-likeness (QED) is 0.863. The molecule has 0 aromatic heterocycles. The fourth-order valence-electron chi connectivity index (χ4n) is 3.19. The summed E-state index contributed by atoms with van der Waals surface area (Å²) in [4.78, 5) is 13.1. The molecule has 1 aromatic carbocycles.